The quantitative estimate of drug-likeness (QED) is 0.603. The second-order valence-electron chi connectivity index (χ2n) is 2.24. The summed E-state index contributed by atoms with van der Waals surface area (Å²) in [5.41, 5.74) is 0.657. The number of nitrogens with zero attached hydrogens (tertiary/aromatic N) is 1. The molecule has 0 saturated heterocycles. The van der Waals surface area contributed by atoms with Gasteiger partial charge in [0.1, 0.15) is 0 Å². The zero-order valence-corrected chi connectivity index (χ0v) is 8.15. The zero-order chi connectivity index (χ0) is 9.68. The van der Waals surface area contributed by atoms with Gasteiger partial charge in [-0.05, 0) is 12.1 Å². The van der Waals surface area contributed by atoms with Gasteiger partial charge in [0.25, 0.3) is 0 Å². The number of hydrogen-bond donors (Lipinski definition) is 0. The maximum absolute atomic E-state index is 8.26. The van der Waals surface area contributed by atoms with E-state index in [9.17, 15) is 0 Å². The minimum Gasteiger partial charge on any atom is -0.197 e. The molecule has 0 atom stereocenters. The Balaban J connectivity index is 2.99. The SMILES string of the molecule is N#CCC#Cc1cccc(Cl)c1Cl. The molecule has 0 fully saturated rings. The molecule has 0 unspecified atom stereocenters. The molecule has 0 bridgehead atoms. The fraction of sp³-hybridized carbons (Fsp3) is 0.100. The topological polar surface area (TPSA) is 23.8 Å². The van der Waals surface area contributed by atoms with Crippen LogP contribution < -0.4 is 0 Å². The lowest BCUT2D eigenvalue weighted by Crippen LogP contribution is -1.77. The third kappa shape index (κ3) is 2.67. The normalized spacial score (nSPS) is 8.38. The number of halogens is 2. The molecule has 0 radical (unpaired) electrons. The van der Waals surface area contributed by atoms with Crippen LogP contribution in [-0.4, -0.2) is 0 Å². The van der Waals surface area contributed by atoms with Crippen molar-refractivity contribution in [3.05, 3.63) is 33.8 Å². The van der Waals surface area contributed by atoms with Crippen molar-refractivity contribution in [3.63, 3.8) is 0 Å². The molecule has 64 valence electrons. The van der Waals surface area contributed by atoms with E-state index in [-0.39, 0.29) is 6.42 Å². The van der Waals surface area contributed by atoms with Crippen LogP contribution in [0.15, 0.2) is 18.2 Å². The molecule has 1 nitrogen and oxygen atoms in total. The number of rotatable bonds is 0. The van der Waals surface area contributed by atoms with E-state index in [0.717, 1.165) is 0 Å². The van der Waals surface area contributed by atoms with E-state index in [0.29, 0.717) is 15.6 Å². The molecule has 0 spiro atoms. The summed E-state index contributed by atoms with van der Waals surface area (Å²) in [6.45, 7) is 0. The summed E-state index contributed by atoms with van der Waals surface area (Å²) in [7, 11) is 0. The van der Waals surface area contributed by atoms with Crippen LogP contribution in [-0.2, 0) is 0 Å². The standard InChI is InChI=1S/C10H5Cl2N/c11-9-6-3-5-8(10(9)12)4-1-2-7-13/h3,5-6H,2H2. The second kappa shape index (κ2) is 4.77. The van der Waals surface area contributed by atoms with Gasteiger partial charge in [-0.3, -0.25) is 0 Å². The highest BCUT2D eigenvalue weighted by atomic mass is 35.5. The van der Waals surface area contributed by atoms with Crippen LogP contribution in [0.5, 0.6) is 0 Å². The molecular formula is C10H5Cl2N. The third-order valence-electron chi connectivity index (χ3n) is 1.34. The van der Waals surface area contributed by atoms with Crippen LogP contribution >= 0.6 is 23.2 Å². The Morgan fingerprint density at radius 3 is 2.77 bits per heavy atom. The summed E-state index contributed by atoms with van der Waals surface area (Å²) >= 11 is 11.6. The number of hydrogen-bond acceptors (Lipinski definition) is 1. The number of nitriles is 1. The molecule has 0 heterocycles. The highest BCUT2D eigenvalue weighted by molar-refractivity contribution is 6.42. The van der Waals surface area contributed by atoms with Gasteiger partial charge < -0.3 is 0 Å². The van der Waals surface area contributed by atoms with E-state index in [2.05, 4.69) is 11.8 Å². The van der Waals surface area contributed by atoms with Crippen LogP contribution in [0.1, 0.15) is 12.0 Å². The highest BCUT2D eigenvalue weighted by Crippen LogP contribution is 2.24. The largest absolute Gasteiger partial charge is 0.197 e. The highest BCUT2D eigenvalue weighted by Gasteiger charge is 1.99. The molecule has 1 aromatic carbocycles. The van der Waals surface area contributed by atoms with Gasteiger partial charge in [-0.2, -0.15) is 5.26 Å². The van der Waals surface area contributed by atoms with Crippen molar-refractivity contribution in [2.45, 2.75) is 6.42 Å². The lowest BCUT2D eigenvalue weighted by molar-refractivity contribution is 1.39. The average molecular weight is 210 g/mol. The molecule has 0 amide bonds. The molecule has 0 aliphatic rings. The van der Waals surface area contributed by atoms with Crippen molar-refractivity contribution >= 4 is 23.2 Å². The van der Waals surface area contributed by atoms with Gasteiger partial charge in [0.05, 0.1) is 22.5 Å². The average Bonchev–Trinajstić information content (AvgIpc) is 2.13. The number of benzene rings is 1. The van der Waals surface area contributed by atoms with Crippen molar-refractivity contribution in [3.8, 4) is 17.9 Å². The summed E-state index contributed by atoms with van der Waals surface area (Å²) < 4.78 is 0. The Hall–Kier alpha value is -1.15. The van der Waals surface area contributed by atoms with Gasteiger partial charge >= 0.3 is 0 Å². The maximum Gasteiger partial charge on any atom is 0.0966 e. The van der Waals surface area contributed by atoms with Crippen LogP contribution in [0, 0.1) is 23.2 Å². The Morgan fingerprint density at radius 2 is 2.08 bits per heavy atom. The summed E-state index contributed by atoms with van der Waals surface area (Å²) in [5, 5.41) is 9.17. The van der Waals surface area contributed by atoms with Gasteiger partial charge in [-0.25, -0.2) is 0 Å². The lowest BCUT2D eigenvalue weighted by atomic mass is 10.2. The van der Waals surface area contributed by atoms with E-state index in [1.807, 2.05) is 6.07 Å². The molecule has 0 aromatic heterocycles. The molecule has 1 aromatic rings. The first kappa shape index (κ1) is 9.93. The maximum atomic E-state index is 8.26. The van der Waals surface area contributed by atoms with Crippen LogP contribution in [0.2, 0.25) is 10.0 Å². The second-order valence-corrected chi connectivity index (χ2v) is 3.02. The molecular weight excluding hydrogens is 205 g/mol. The van der Waals surface area contributed by atoms with Crippen molar-refractivity contribution in [1.82, 2.24) is 0 Å². The molecule has 0 saturated carbocycles. The minimum absolute atomic E-state index is 0.197. The van der Waals surface area contributed by atoms with Gasteiger partial charge in [-0.15, -0.1) is 0 Å². The van der Waals surface area contributed by atoms with Crippen LogP contribution in [0.3, 0.4) is 0 Å². The van der Waals surface area contributed by atoms with Crippen LogP contribution in [0.25, 0.3) is 0 Å². The molecule has 0 N–H and O–H groups in total. The summed E-state index contributed by atoms with van der Waals surface area (Å²) in [5.74, 6) is 5.43. The Kier molecular flexibility index (Phi) is 3.65. The van der Waals surface area contributed by atoms with Gasteiger partial charge in [0, 0.05) is 5.56 Å². The van der Waals surface area contributed by atoms with E-state index in [1.165, 1.54) is 0 Å². The predicted molar refractivity (Wildman–Crippen MR) is 53.6 cm³/mol. The lowest BCUT2D eigenvalue weighted by Gasteiger charge is -1.96. The van der Waals surface area contributed by atoms with Crippen molar-refractivity contribution in [2.24, 2.45) is 0 Å². The Labute approximate surface area is 86.9 Å². The molecule has 13 heavy (non-hydrogen) atoms. The van der Waals surface area contributed by atoms with E-state index >= 15 is 0 Å². The molecule has 3 heteroatoms. The third-order valence-corrected chi connectivity index (χ3v) is 2.16. The van der Waals surface area contributed by atoms with E-state index in [1.54, 1.807) is 18.2 Å². The van der Waals surface area contributed by atoms with Gasteiger partial charge in [0.2, 0.25) is 0 Å². The van der Waals surface area contributed by atoms with Crippen molar-refractivity contribution in [2.75, 3.05) is 0 Å². The fourth-order valence-electron chi connectivity index (χ4n) is 0.779. The first-order valence-corrected chi connectivity index (χ1v) is 4.31. The first-order valence-electron chi connectivity index (χ1n) is 3.55. The van der Waals surface area contributed by atoms with Crippen LogP contribution in [0.4, 0.5) is 0 Å². The van der Waals surface area contributed by atoms with Gasteiger partial charge in [-0.1, -0.05) is 41.1 Å². The molecule has 0 aliphatic carbocycles. The summed E-state index contributed by atoms with van der Waals surface area (Å²) in [6, 6.07) is 7.15. The summed E-state index contributed by atoms with van der Waals surface area (Å²) in [6.07, 6.45) is 0.197. The first-order chi connectivity index (χ1) is 6.25. The van der Waals surface area contributed by atoms with Gasteiger partial charge in [0.15, 0.2) is 0 Å². The summed E-state index contributed by atoms with van der Waals surface area (Å²) in [4.78, 5) is 0. The Morgan fingerprint density at radius 1 is 1.31 bits per heavy atom. The Bertz CT molecular complexity index is 407. The predicted octanol–water partition coefficient (Wildman–Crippen LogP) is 3.26. The molecule has 0 aliphatic heterocycles. The van der Waals surface area contributed by atoms with E-state index < -0.39 is 0 Å². The monoisotopic (exact) mass is 209 g/mol. The smallest absolute Gasteiger partial charge is 0.0966 e. The minimum atomic E-state index is 0.197. The van der Waals surface area contributed by atoms with Crippen molar-refractivity contribution < 1.29 is 0 Å². The van der Waals surface area contributed by atoms with Crippen molar-refractivity contribution in [1.29, 1.82) is 5.26 Å². The fourth-order valence-corrected chi connectivity index (χ4v) is 1.13. The van der Waals surface area contributed by atoms with E-state index in [4.69, 9.17) is 28.5 Å². The molecule has 1 rings (SSSR count). The zero-order valence-electron chi connectivity index (χ0n) is 6.64.